The number of methoxy groups -OCH3 is 2. The normalized spacial score (nSPS) is 14.6. The summed E-state index contributed by atoms with van der Waals surface area (Å²) < 4.78 is 20.9. The Bertz CT molecular complexity index is 829. The van der Waals surface area contributed by atoms with Gasteiger partial charge in [0.05, 0.1) is 24.7 Å². The fourth-order valence-corrected chi connectivity index (χ4v) is 3.25. The number of hydrogen-bond donors (Lipinski definition) is 1. The molecular weight excluding hydrogens is 422 g/mol. The van der Waals surface area contributed by atoms with E-state index in [0.717, 1.165) is 0 Å². The van der Waals surface area contributed by atoms with Crippen LogP contribution in [0.1, 0.15) is 44.0 Å². The SMILES string of the molecule is COCCOc1cc([N+](=O)[O-])c(C(=O)N2CCC(NC(=O)OC(C)(C)C)CC2)cc1OC. The fraction of sp³-hybridized carbons (Fsp3) is 0.619. The summed E-state index contributed by atoms with van der Waals surface area (Å²) in [7, 11) is 2.91. The molecule has 0 atom stereocenters. The zero-order valence-electron chi connectivity index (χ0n) is 19.1. The van der Waals surface area contributed by atoms with Crippen molar-refractivity contribution in [1.29, 1.82) is 0 Å². The van der Waals surface area contributed by atoms with Gasteiger partial charge in [-0.15, -0.1) is 0 Å². The molecule has 1 aliphatic heterocycles. The van der Waals surface area contributed by atoms with Crippen LogP contribution < -0.4 is 14.8 Å². The first-order valence-electron chi connectivity index (χ1n) is 10.3. The lowest BCUT2D eigenvalue weighted by atomic mass is 10.0. The van der Waals surface area contributed by atoms with Gasteiger partial charge in [-0.2, -0.15) is 0 Å². The molecule has 11 nitrogen and oxygen atoms in total. The first kappa shape index (κ1) is 25.2. The Labute approximate surface area is 187 Å². The van der Waals surface area contributed by atoms with Gasteiger partial charge in [-0.3, -0.25) is 14.9 Å². The first-order valence-corrected chi connectivity index (χ1v) is 10.3. The van der Waals surface area contributed by atoms with E-state index in [2.05, 4.69) is 5.32 Å². The molecule has 1 heterocycles. The minimum Gasteiger partial charge on any atom is -0.493 e. The molecule has 2 amide bonds. The van der Waals surface area contributed by atoms with Crippen LogP contribution in [0.2, 0.25) is 0 Å². The van der Waals surface area contributed by atoms with Gasteiger partial charge in [0.25, 0.3) is 11.6 Å². The number of alkyl carbamates (subject to hydrolysis) is 1. The predicted molar refractivity (Wildman–Crippen MR) is 115 cm³/mol. The summed E-state index contributed by atoms with van der Waals surface area (Å²) in [6, 6.07) is 2.38. The summed E-state index contributed by atoms with van der Waals surface area (Å²) in [6.45, 7) is 6.49. The molecule has 178 valence electrons. The van der Waals surface area contributed by atoms with E-state index >= 15 is 0 Å². The van der Waals surface area contributed by atoms with Crippen molar-refractivity contribution < 1.29 is 33.5 Å². The van der Waals surface area contributed by atoms with Crippen LogP contribution in [0.25, 0.3) is 0 Å². The summed E-state index contributed by atoms with van der Waals surface area (Å²) in [5.41, 5.74) is -1.04. The van der Waals surface area contributed by atoms with Crippen LogP contribution in [0.15, 0.2) is 12.1 Å². The summed E-state index contributed by atoms with van der Waals surface area (Å²) >= 11 is 0. The van der Waals surface area contributed by atoms with E-state index in [1.54, 1.807) is 20.8 Å². The second kappa shape index (κ2) is 11.0. The van der Waals surface area contributed by atoms with E-state index in [0.29, 0.717) is 32.5 Å². The van der Waals surface area contributed by atoms with Crippen molar-refractivity contribution in [2.24, 2.45) is 0 Å². The van der Waals surface area contributed by atoms with Crippen LogP contribution in [0.5, 0.6) is 11.5 Å². The lowest BCUT2D eigenvalue weighted by Crippen LogP contribution is -2.47. The lowest BCUT2D eigenvalue weighted by molar-refractivity contribution is -0.385. The molecule has 0 aromatic heterocycles. The molecule has 32 heavy (non-hydrogen) atoms. The van der Waals surface area contributed by atoms with Crippen LogP contribution in [-0.2, 0) is 9.47 Å². The predicted octanol–water partition coefficient (Wildman–Crippen LogP) is 2.76. The van der Waals surface area contributed by atoms with Gasteiger partial charge in [-0.25, -0.2) is 4.79 Å². The molecule has 1 fully saturated rings. The number of nitrogens with one attached hydrogen (secondary N) is 1. The molecule has 1 aromatic rings. The second-order valence-corrected chi connectivity index (χ2v) is 8.33. The number of nitro groups is 1. The number of hydrogen-bond acceptors (Lipinski definition) is 8. The maximum absolute atomic E-state index is 13.1. The quantitative estimate of drug-likeness (QED) is 0.361. The van der Waals surface area contributed by atoms with Gasteiger partial charge in [-0.05, 0) is 33.6 Å². The topological polar surface area (TPSA) is 129 Å². The molecule has 0 radical (unpaired) electrons. The van der Waals surface area contributed by atoms with Gasteiger partial charge in [0.2, 0.25) is 0 Å². The van der Waals surface area contributed by atoms with Gasteiger partial charge in [0.1, 0.15) is 17.8 Å². The second-order valence-electron chi connectivity index (χ2n) is 8.33. The summed E-state index contributed by atoms with van der Waals surface area (Å²) in [4.78, 5) is 37.6. The van der Waals surface area contributed by atoms with Crippen molar-refractivity contribution >= 4 is 17.7 Å². The zero-order chi connectivity index (χ0) is 23.9. The Balaban J connectivity index is 2.10. The van der Waals surface area contributed by atoms with Gasteiger partial charge >= 0.3 is 6.09 Å². The van der Waals surface area contributed by atoms with Gasteiger partial charge < -0.3 is 29.2 Å². The number of carbonyl (C=O) groups excluding carboxylic acids is 2. The lowest BCUT2D eigenvalue weighted by Gasteiger charge is -2.33. The average Bonchev–Trinajstić information content (AvgIpc) is 2.72. The molecule has 0 unspecified atom stereocenters. The smallest absolute Gasteiger partial charge is 0.407 e. The number of nitrogens with zero attached hydrogens (tertiary/aromatic N) is 2. The number of carbonyl (C=O) groups is 2. The van der Waals surface area contributed by atoms with Gasteiger partial charge in [-0.1, -0.05) is 0 Å². The van der Waals surface area contributed by atoms with Gasteiger partial charge in [0.15, 0.2) is 11.5 Å². The van der Waals surface area contributed by atoms with Crippen molar-refractivity contribution in [3.63, 3.8) is 0 Å². The Morgan fingerprint density at radius 3 is 2.34 bits per heavy atom. The number of nitro benzene ring substituents is 1. The zero-order valence-corrected chi connectivity index (χ0v) is 19.1. The van der Waals surface area contributed by atoms with Crippen molar-refractivity contribution in [3.05, 3.63) is 27.8 Å². The molecule has 1 saturated heterocycles. The van der Waals surface area contributed by atoms with E-state index in [1.807, 2.05) is 0 Å². The van der Waals surface area contributed by atoms with Crippen molar-refractivity contribution in [1.82, 2.24) is 10.2 Å². The standard InChI is InChI=1S/C21H31N3O8/c1-21(2,3)32-20(26)22-14-6-8-23(9-7-14)19(25)15-12-17(30-5)18(31-11-10-29-4)13-16(15)24(27)28/h12-14H,6-11H2,1-5H3,(H,22,26). The van der Waals surface area contributed by atoms with Crippen LogP contribution in [-0.4, -0.2) is 74.0 Å². The Hall–Kier alpha value is -3.08. The van der Waals surface area contributed by atoms with E-state index in [1.165, 1.54) is 31.3 Å². The van der Waals surface area contributed by atoms with E-state index < -0.39 is 22.5 Å². The highest BCUT2D eigenvalue weighted by Gasteiger charge is 2.31. The minimum atomic E-state index is -0.618. The van der Waals surface area contributed by atoms with Gasteiger partial charge in [0, 0.05) is 32.3 Å². The van der Waals surface area contributed by atoms with Crippen LogP contribution in [0.4, 0.5) is 10.5 Å². The Morgan fingerprint density at radius 2 is 1.81 bits per heavy atom. The molecule has 0 spiro atoms. The van der Waals surface area contributed by atoms with E-state index in [4.69, 9.17) is 18.9 Å². The number of rotatable bonds is 8. The highest BCUT2D eigenvalue weighted by Crippen LogP contribution is 2.35. The highest BCUT2D eigenvalue weighted by atomic mass is 16.6. The number of ether oxygens (including phenoxy) is 4. The molecular formula is C21H31N3O8. The third-order valence-electron chi connectivity index (χ3n) is 4.76. The summed E-state index contributed by atoms with van der Waals surface area (Å²) in [5.74, 6) is -0.0984. The molecule has 0 bridgehead atoms. The largest absolute Gasteiger partial charge is 0.493 e. The maximum atomic E-state index is 13.1. The molecule has 1 aromatic carbocycles. The molecule has 2 rings (SSSR count). The van der Waals surface area contributed by atoms with Crippen molar-refractivity contribution in [2.75, 3.05) is 40.5 Å². The maximum Gasteiger partial charge on any atom is 0.407 e. The van der Waals surface area contributed by atoms with Crippen molar-refractivity contribution in [3.8, 4) is 11.5 Å². The number of benzene rings is 1. The molecule has 1 aliphatic rings. The fourth-order valence-electron chi connectivity index (χ4n) is 3.25. The Morgan fingerprint density at radius 1 is 1.16 bits per heavy atom. The van der Waals surface area contributed by atoms with Crippen LogP contribution in [0, 0.1) is 10.1 Å². The summed E-state index contributed by atoms with van der Waals surface area (Å²) in [5, 5.41) is 14.4. The number of likely N-dealkylation sites (tertiary alicyclic amines) is 1. The first-order chi connectivity index (χ1) is 15.1. The minimum absolute atomic E-state index is 0.0792. The van der Waals surface area contributed by atoms with E-state index in [-0.39, 0.29) is 35.4 Å². The number of amides is 2. The Kier molecular flexibility index (Phi) is 8.64. The molecule has 0 saturated carbocycles. The van der Waals surface area contributed by atoms with E-state index in [9.17, 15) is 19.7 Å². The summed E-state index contributed by atoms with van der Waals surface area (Å²) in [6.07, 6.45) is 0.508. The highest BCUT2D eigenvalue weighted by molar-refractivity contribution is 5.99. The third-order valence-corrected chi connectivity index (χ3v) is 4.76. The molecule has 11 heteroatoms. The average molecular weight is 453 g/mol. The van der Waals surface area contributed by atoms with Crippen molar-refractivity contribution in [2.45, 2.75) is 45.3 Å². The molecule has 1 N–H and O–H groups in total. The number of piperidine rings is 1. The molecule has 0 aliphatic carbocycles. The van der Waals surface area contributed by atoms with Crippen LogP contribution in [0.3, 0.4) is 0 Å². The monoisotopic (exact) mass is 453 g/mol. The third kappa shape index (κ3) is 6.98. The van der Waals surface area contributed by atoms with Crippen LogP contribution >= 0.6 is 0 Å².